The number of fused-ring (bicyclic) bond motifs is 1. The van der Waals surface area contributed by atoms with Crippen LogP contribution < -0.4 is 4.90 Å². The molecule has 6 rings (SSSR count). The summed E-state index contributed by atoms with van der Waals surface area (Å²) in [5.74, 6) is 0. The van der Waals surface area contributed by atoms with Crippen molar-refractivity contribution in [3.8, 4) is 16.8 Å². The van der Waals surface area contributed by atoms with Gasteiger partial charge < -0.3 is 9.47 Å². The zero-order valence-electron chi connectivity index (χ0n) is 19.9. The summed E-state index contributed by atoms with van der Waals surface area (Å²) in [4.78, 5) is 13.7. The Bertz CT molecular complexity index is 1670. The fourth-order valence-electron chi connectivity index (χ4n) is 4.85. The number of aromatic nitrogens is 1. The van der Waals surface area contributed by atoms with Gasteiger partial charge in [-0.15, -0.1) is 0 Å². The second-order valence-corrected chi connectivity index (χ2v) is 8.73. The summed E-state index contributed by atoms with van der Waals surface area (Å²) in [5, 5.41) is 12.8. The summed E-state index contributed by atoms with van der Waals surface area (Å²) in [7, 11) is 0. The first kappa shape index (κ1) is 22.3. The minimum Gasteiger partial charge on any atom is -0.316 e. The van der Waals surface area contributed by atoms with Gasteiger partial charge in [-0.2, -0.15) is 0 Å². The normalized spacial score (nSPS) is 10.9. The van der Waals surface area contributed by atoms with Crippen molar-refractivity contribution in [3.05, 3.63) is 150 Å². The molecule has 0 aliphatic heterocycles. The molecule has 0 N–H and O–H groups in total. The topological polar surface area (TPSA) is 51.3 Å². The fraction of sp³-hybridized carbons (Fsp3) is 0. The Morgan fingerprint density at radius 3 is 1.89 bits per heavy atom. The second kappa shape index (κ2) is 9.47. The lowest BCUT2D eigenvalue weighted by molar-refractivity contribution is -0.384. The molecular weight excluding hydrogens is 458 g/mol. The Labute approximate surface area is 214 Å². The average Bonchev–Trinajstić information content (AvgIpc) is 3.34. The van der Waals surface area contributed by atoms with Crippen LogP contribution in [0.4, 0.5) is 22.7 Å². The van der Waals surface area contributed by atoms with E-state index < -0.39 is 0 Å². The van der Waals surface area contributed by atoms with Crippen LogP contribution in [0, 0.1) is 10.1 Å². The molecule has 0 spiro atoms. The molecule has 0 atom stereocenters. The van der Waals surface area contributed by atoms with E-state index in [9.17, 15) is 10.1 Å². The summed E-state index contributed by atoms with van der Waals surface area (Å²) in [6, 6.07) is 43.8. The quantitative estimate of drug-likeness (QED) is 0.177. The van der Waals surface area contributed by atoms with Crippen LogP contribution in [0.15, 0.2) is 140 Å². The van der Waals surface area contributed by atoms with Crippen LogP contribution in [0.25, 0.3) is 27.7 Å². The SMILES string of the molecule is O=[N+]([O-])c1ccccc1-c1cn(-c2cccc(N(c3ccccc3)c3ccccc3)c2)c2ccccc12. The molecule has 0 radical (unpaired) electrons. The molecule has 5 aromatic carbocycles. The van der Waals surface area contributed by atoms with Crippen molar-refractivity contribution in [2.75, 3.05) is 4.90 Å². The van der Waals surface area contributed by atoms with E-state index in [1.807, 2.05) is 85.1 Å². The molecule has 37 heavy (non-hydrogen) atoms. The number of benzene rings is 5. The fourth-order valence-corrected chi connectivity index (χ4v) is 4.85. The summed E-state index contributed by atoms with van der Waals surface area (Å²) in [5.41, 5.74) is 6.62. The number of para-hydroxylation sites is 4. The molecule has 0 unspecified atom stereocenters. The molecule has 1 aromatic heterocycles. The van der Waals surface area contributed by atoms with Crippen molar-refractivity contribution in [2.24, 2.45) is 0 Å². The smallest absolute Gasteiger partial charge is 0.277 e. The number of hydrogen-bond acceptors (Lipinski definition) is 3. The van der Waals surface area contributed by atoms with E-state index >= 15 is 0 Å². The van der Waals surface area contributed by atoms with Crippen molar-refractivity contribution >= 4 is 33.7 Å². The number of nitro groups is 1. The lowest BCUT2D eigenvalue weighted by Crippen LogP contribution is -2.10. The monoisotopic (exact) mass is 481 g/mol. The molecule has 0 saturated carbocycles. The van der Waals surface area contributed by atoms with Gasteiger partial charge in [-0.25, -0.2) is 0 Å². The van der Waals surface area contributed by atoms with E-state index in [0.717, 1.165) is 39.2 Å². The van der Waals surface area contributed by atoms with Gasteiger partial charge >= 0.3 is 0 Å². The molecule has 0 aliphatic carbocycles. The zero-order valence-corrected chi connectivity index (χ0v) is 19.9. The molecule has 0 bridgehead atoms. The largest absolute Gasteiger partial charge is 0.316 e. The van der Waals surface area contributed by atoms with Crippen molar-refractivity contribution in [3.63, 3.8) is 0 Å². The van der Waals surface area contributed by atoms with Gasteiger partial charge in [0.25, 0.3) is 5.69 Å². The van der Waals surface area contributed by atoms with E-state index in [1.54, 1.807) is 12.1 Å². The van der Waals surface area contributed by atoms with Crippen LogP contribution in [0.1, 0.15) is 0 Å². The highest BCUT2D eigenvalue weighted by Crippen LogP contribution is 2.39. The number of nitrogens with zero attached hydrogens (tertiary/aromatic N) is 3. The number of rotatable bonds is 6. The maximum Gasteiger partial charge on any atom is 0.277 e. The summed E-state index contributed by atoms with van der Waals surface area (Å²) >= 11 is 0. The summed E-state index contributed by atoms with van der Waals surface area (Å²) in [6.45, 7) is 0. The molecule has 178 valence electrons. The van der Waals surface area contributed by atoms with Crippen molar-refractivity contribution in [1.29, 1.82) is 0 Å². The van der Waals surface area contributed by atoms with E-state index in [1.165, 1.54) is 0 Å². The first-order valence-electron chi connectivity index (χ1n) is 12.1. The average molecular weight is 482 g/mol. The van der Waals surface area contributed by atoms with Gasteiger partial charge in [-0.1, -0.05) is 72.8 Å². The summed E-state index contributed by atoms with van der Waals surface area (Å²) < 4.78 is 2.11. The van der Waals surface area contributed by atoms with Gasteiger partial charge in [-0.05, 0) is 54.6 Å². The van der Waals surface area contributed by atoms with Crippen molar-refractivity contribution in [2.45, 2.75) is 0 Å². The highest BCUT2D eigenvalue weighted by Gasteiger charge is 2.20. The molecule has 5 nitrogen and oxygen atoms in total. The van der Waals surface area contributed by atoms with Gasteiger partial charge in [0.05, 0.1) is 16.0 Å². The van der Waals surface area contributed by atoms with Crippen LogP contribution in [-0.2, 0) is 0 Å². The molecule has 0 aliphatic rings. The number of anilines is 3. The van der Waals surface area contributed by atoms with Crippen LogP contribution in [0.2, 0.25) is 0 Å². The Kier molecular flexibility index (Phi) is 5.71. The Morgan fingerprint density at radius 1 is 0.595 bits per heavy atom. The zero-order chi connectivity index (χ0) is 25.2. The third kappa shape index (κ3) is 4.13. The number of hydrogen-bond donors (Lipinski definition) is 0. The first-order valence-corrected chi connectivity index (χ1v) is 12.1. The first-order chi connectivity index (χ1) is 18.2. The maximum absolute atomic E-state index is 11.8. The van der Waals surface area contributed by atoms with E-state index in [2.05, 4.69) is 51.9 Å². The maximum atomic E-state index is 11.8. The van der Waals surface area contributed by atoms with Gasteiger partial charge in [0.15, 0.2) is 0 Å². The Morgan fingerprint density at radius 2 is 1.19 bits per heavy atom. The minimum absolute atomic E-state index is 0.0958. The summed E-state index contributed by atoms with van der Waals surface area (Å²) in [6.07, 6.45) is 2.00. The minimum atomic E-state index is -0.320. The van der Waals surface area contributed by atoms with Gasteiger partial charge in [0, 0.05) is 46.0 Å². The second-order valence-electron chi connectivity index (χ2n) is 8.73. The van der Waals surface area contributed by atoms with Gasteiger partial charge in [0.2, 0.25) is 0 Å². The van der Waals surface area contributed by atoms with Crippen LogP contribution in [-0.4, -0.2) is 9.49 Å². The van der Waals surface area contributed by atoms with Crippen LogP contribution >= 0.6 is 0 Å². The van der Waals surface area contributed by atoms with Gasteiger partial charge in [0.1, 0.15) is 0 Å². The molecule has 5 heteroatoms. The van der Waals surface area contributed by atoms with E-state index in [4.69, 9.17) is 0 Å². The Hall–Kier alpha value is -5.16. The molecule has 0 fully saturated rings. The van der Waals surface area contributed by atoms with E-state index in [-0.39, 0.29) is 10.6 Å². The lowest BCUT2D eigenvalue weighted by Gasteiger charge is -2.26. The van der Waals surface area contributed by atoms with Crippen molar-refractivity contribution in [1.82, 2.24) is 4.57 Å². The lowest BCUT2D eigenvalue weighted by atomic mass is 10.0. The predicted molar refractivity (Wildman–Crippen MR) is 150 cm³/mol. The Balaban J connectivity index is 1.53. The van der Waals surface area contributed by atoms with Crippen LogP contribution in [0.3, 0.4) is 0 Å². The third-order valence-electron chi connectivity index (χ3n) is 6.50. The third-order valence-corrected chi connectivity index (χ3v) is 6.50. The van der Waals surface area contributed by atoms with Crippen molar-refractivity contribution < 1.29 is 4.92 Å². The number of nitro benzene ring substituents is 1. The highest BCUT2D eigenvalue weighted by molar-refractivity contribution is 5.99. The molecule has 0 amide bonds. The molecular formula is C32H23N3O2. The predicted octanol–water partition coefficient (Wildman–Crippen LogP) is 8.68. The van der Waals surface area contributed by atoms with E-state index in [0.29, 0.717) is 5.56 Å². The molecule has 1 heterocycles. The standard InChI is InChI=1S/C32H23N3O2/c36-35(37)32-21-10-8-19-29(32)30-23-33(31-20-9-7-18-28(30)31)26-16-11-17-27(22-26)34(24-12-3-1-4-13-24)25-14-5-2-6-15-25/h1-23H. The highest BCUT2D eigenvalue weighted by atomic mass is 16.6. The van der Waals surface area contributed by atoms with Crippen LogP contribution in [0.5, 0.6) is 0 Å². The van der Waals surface area contributed by atoms with Gasteiger partial charge in [-0.3, -0.25) is 10.1 Å². The molecule has 6 aromatic rings. The molecule has 0 saturated heterocycles.